The Kier molecular flexibility index (Phi) is 5.64. The van der Waals surface area contributed by atoms with E-state index in [0.29, 0.717) is 5.88 Å². The average molecular weight is 395 g/mol. The maximum Gasteiger partial charge on any atom is 0.410 e. The maximum atomic E-state index is 12.8. The number of rotatable bonds is 5. The molecule has 1 aromatic heterocycles. The molecule has 29 heavy (non-hydrogen) atoms. The van der Waals surface area contributed by atoms with Gasteiger partial charge in [0.2, 0.25) is 5.88 Å². The minimum atomic E-state index is -0.253. The van der Waals surface area contributed by atoms with Crippen molar-refractivity contribution in [2.75, 3.05) is 14.2 Å². The predicted octanol–water partition coefficient (Wildman–Crippen LogP) is 3.84. The largest absolute Gasteiger partial charge is 0.480 e. The van der Waals surface area contributed by atoms with Crippen LogP contribution in [0.4, 0.5) is 4.79 Å². The zero-order valence-electron chi connectivity index (χ0n) is 16.7. The quantitative estimate of drug-likeness (QED) is 0.766. The predicted molar refractivity (Wildman–Crippen MR) is 108 cm³/mol. The third-order valence-corrected chi connectivity index (χ3v) is 5.51. The summed E-state index contributed by atoms with van der Waals surface area (Å²) < 4.78 is 16.2. The summed E-state index contributed by atoms with van der Waals surface area (Å²) in [6.45, 7) is 0.284. The van der Waals surface area contributed by atoms with Crippen LogP contribution in [0.3, 0.4) is 0 Å². The zero-order valence-corrected chi connectivity index (χ0v) is 16.7. The summed E-state index contributed by atoms with van der Waals surface area (Å²) in [4.78, 5) is 23.3. The summed E-state index contributed by atoms with van der Waals surface area (Å²) in [7, 11) is 3.11. The summed E-state index contributed by atoms with van der Waals surface area (Å²) >= 11 is 0. The summed E-state index contributed by atoms with van der Waals surface area (Å²) in [5, 5.41) is 0. The molecular formula is C22H25N3O4. The van der Waals surface area contributed by atoms with E-state index in [2.05, 4.69) is 16.0 Å². The van der Waals surface area contributed by atoms with Crippen LogP contribution in [0.25, 0.3) is 5.57 Å². The Balaban J connectivity index is 1.53. The molecule has 7 nitrogen and oxygen atoms in total. The van der Waals surface area contributed by atoms with Gasteiger partial charge in [-0.25, -0.2) is 9.78 Å². The van der Waals surface area contributed by atoms with Crippen molar-refractivity contribution in [3.63, 3.8) is 0 Å². The molecule has 4 rings (SSSR count). The molecule has 1 amide bonds. The van der Waals surface area contributed by atoms with Gasteiger partial charge in [-0.05, 0) is 36.8 Å². The lowest BCUT2D eigenvalue weighted by Crippen LogP contribution is -2.51. The number of carbonyl (C=O) groups excluding carboxylic acids is 1. The van der Waals surface area contributed by atoms with Crippen LogP contribution < -0.4 is 9.47 Å². The van der Waals surface area contributed by atoms with Gasteiger partial charge in [0.25, 0.3) is 0 Å². The van der Waals surface area contributed by atoms with Gasteiger partial charge in [-0.15, -0.1) is 0 Å². The molecule has 7 heteroatoms. The van der Waals surface area contributed by atoms with E-state index in [0.717, 1.165) is 42.4 Å². The van der Waals surface area contributed by atoms with Gasteiger partial charge in [0.1, 0.15) is 6.61 Å². The van der Waals surface area contributed by atoms with E-state index in [9.17, 15) is 4.79 Å². The molecule has 2 atom stereocenters. The zero-order chi connectivity index (χ0) is 20.2. The van der Waals surface area contributed by atoms with Crippen molar-refractivity contribution in [2.45, 2.75) is 44.4 Å². The number of nitrogens with zero attached hydrogens (tertiary/aromatic N) is 3. The number of carbonyl (C=O) groups is 1. The Bertz CT molecular complexity index is 900. The summed E-state index contributed by atoms with van der Waals surface area (Å²) in [6, 6.07) is 10.1. The second-order valence-electron chi connectivity index (χ2n) is 7.28. The Hall–Kier alpha value is -3.09. The van der Waals surface area contributed by atoms with Gasteiger partial charge >= 0.3 is 12.1 Å². The molecule has 0 spiro atoms. The molecule has 0 saturated carbocycles. The molecule has 2 aliphatic rings. The molecule has 2 aliphatic heterocycles. The topological polar surface area (TPSA) is 73.8 Å². The minimum absolute atomic E-state index is 0.00702. The van der Waals surface area contributed by atoms with E-state index < -0.39 is 0 Å². The fourth-order valence-corrected chi connectivity index (χ4v) is 4.13. The lowest BCUT2D eigenvalue weighted by atomic mass is 9.83. The lowest BCUT2D eigenvalue weighted by molar-refractivity contribution is 0.0510. The van der Waals surface area contributed by atoms with Crippen molar-refractivity contribution in [3.05, 3.63) is 53.7 Å². The van der Waals surface area contributed by atoms with E-state index in [4.69, 9.17) is 14.2 Å². The third kappa shape index (κ3) is 4.04. The molecular weight excluding hydrogens is 370 g/mol. The molecule has 2 unspecified atom stereocenters. The highest BCUT2D eigenvalue weighted by molar-refractivity contribution is 5.75. The monoisotopic (exact) mass is 395 g/mol. The fourth-order valence-electron chi connectivity index (χ4n) is 4.13. The normalized spacial score (nSPS) is 20.6. The van der Waals surface area contributed by atoms with Gasteiger partial charge in [0.05, 0.1) is 25.8 Å². The highest BCUT2D eigenvalue weighted by Gasteiger charge is 2.38. The van der Waals surface area contributed by atoms with Gasteiger partial charge < -0.3 is 14.2 Å². The number of fused-ring (bicyclic) bond motifs is 2. The summed E-state index contributed by atoms with van der Waals surface area (Å²) in [5.74, 6) is 0.487. The Morgan fingerprint density at radius 2 is 2.00 bits per heavy atom. The summed E-state index contributed by atoms with van der Waals surface area (Å²) in [6.07, 6.45) is 7.30. The van der Waals surface area contributed by atoms with Crippen molar-refractivity contribution in [1.29, 1.82) is 0 Å². The van der Waals surface area contributed by atoms with Crippen LogP contribution in [-0.4, -0.2) is 47.3 Å². The van der Waals surface area contributed by atoms with Crippen LogP contribution >= 0.6 is 0 Å². The molecule has 0 radical (unpaired) electrons. The molecule has 1 fully saturated rings. The number of amides is 1. The smallest absolute Gasteiger partial charge is 0.410 e. The van der Waals surface area contributed by atoms with Crippen LogP contribution in [-0.2, 0) is 11.3 Å². The standard InChI is InChI=1S/C22H25N3O4/c1-27-20-19(13-23-21(24-20)28-2)16-11-17-9-6-10-18(12-16)25(17)22(26)29-14-15-7-4-3-5-8-15/h3-5,7-8,11,13,17-18H,6,9-10,12,14H2,1-2H3. The van der Waals surface area contributed by atoms with E-state index in [1.54, 1.807) is 13.3 Å². The second-order valence-corrected chi connectivity index (χ2v) is 7.28. The molecule has 0 aliphatic carbocycles. The SMILES string of the molecule is COc1ncc(C2=CC3CCCC(C2)N3C(=O)OCc2ccccc2)c(OC)n1. The van der Waals surface area contributed by atoms with E-state index >= 15 is 0 Å². The van der Waals surface area contributed by atoms with Gasteiger partial charge in [-0.1, -0.05) is 36.4 Å². The Morgan fingerprint density at radius 1 is 1.17 bits per heavy atom. The van der Waals surface area contributed by atoms with Crippen LogP contribution in [0.5, 0.6) is 11.9 Å². The van der Waals surface area contributed by atoms with E-state index in [1.165, 1.54) is 7.11 Å². The van der Waals surface area contributed by atoms with Crippen molar-refractivity contribution >= 4 is 11.7 Å². The van der Waals surface area contributed by atoms with Gasteiger partial charge in [0, 0.05) is 12.2 Å². The number of ether oxygens (including phenoxy) is 3. The molecule has 152 valence electrons. The van der Waals surface area contributed by atoms with Crippen molar-refractivity contribution < 1.29 is 19.0 Å². The summed E-state index contributed by atoms with van der Waals surface area (Å²) in [5.41, 5.74) is 2.94. The minimum Gasteiger partial charge on any atom is -0.480 e. The Labute approximate surface area is 170 Å². The molecule has 3 heterocycles. The molecule has 0 N–H and O–H groups in total. The number of methoxy groups -OCH3 is 2. The average Bonchev–Trinajstić information content (AvgIpc) is 2.76. The van der Waals surface area contributed by atoms with Gasteiger partial charge in [-0.2, -0.15) is 4.98 Å². The number of aromatic nitrogens is 2. The second kappa shape index (κ2) is 8.51. The van der Waals surface area contributed by atoms with Crippen LogP contribution in [0.2, 0.25) is 0 Å². The molecule has 1 aromatic carbocycles. The first-order valence-electron chi connectivity index (χ1n) is 9.84. The first kappa shape index (κ1) is 19.2. The van der Waals surface area contributed by atoms with Crippen LogP contribution in [0, 0.1) is 0 Å². The lowest BCUT2D eigenvalue weighted by Gasteiger charge is -2.44. The van der Waals surface area contributed by atoms with Crippen molar-refractivity contribution in [2.24, 2.45) is 0 Å². The maximum absolute atomic E-state index is 12.8. The van der Waals surface area contributed by atoms with E-state index in [1.807, 2.05) is 35.2 Å². The van der Waals surface area contributed by atoms with Crippen molar-refractivity contribution in [3.8, 4) is 11.9 Å². The number of hydrogen-bond acceptors (Lipinski definition) is 6. The number of benzene rings is 1. The van der Waals surface area contributed by atoms with Gasteiger partial charge in [0.15, 0.2) is 0 Å². The molecule has 2 aromatic rings. The van der Waals surface area contributed by atoms with E-state index in [-0.39, 0.29) is 30.8 Å². The van der Waals surface area contributed by atoms with Gasteiger partial charge in [-0.3, -0.25) is 4.90 Å². The third-order valence-electron chi connectivity index (χ3n) is 5.51. The molecule has 2 bridgehead atoms. The highest BCUT2D eigenvalue weighted by Crippen LogP contribution is 2.39. The molecule has 1 saturated heterocycles. The number of piperidine rings is 1. The highest BCUT2D eigenvalue weighted by atomic mass is 16.6. The fraction of sp³-hybridized carbons (Fsp3) is 0.409. The first-order chi connectivity index (χ1) is 14.2. The number of hydrogen-bond donors (Lipinski definition) is 0. The van der Waals surface area contributed by atoms with Crippen molar-refractivity contribution in [1.82, 2.24) is 14.9 Å². The van der Waals surface area contributed by atoms with Crippen LogP contribution in [0.1, 0.15) is 36.8 Å². The Morgan fingerprint density at radius 3 is 2.72 bits per heavy atom. The van der Waals surface area contributed by atoms with Crippen LogP contribution in [0.15, 0.2) is 42.6 Å². The first-order valence-corrected chi connectivity index (χ1v) is 9.84.